The van der Waals surface area contributed by atoms with E-state index < -0.39 is 0 Å². The third kappa shape index (κ3) is 3.81. The standard InChI is InChI=1S/C12H18BrN/c1-12(2,3)8-11(14)9-5-4-6-10(13)7-9/h4-7,11H,8,14H2,1-3H3/t11-/m0/s1. The summed E-state index contributed by atoms with van der Waals surface area (Å²) in [5.74, 6) is 0. The fraction of sp³-hybridized carbons (Fsp3) is 0.500. The maximum absolute atomic E-state index is 6.13. The van der Waals surface area contributed by atoms with Gasteiger partial charge in [0.1, 0.15) is 0 Å². The molecule has 0 radical (unpaired) electrons. The Bertz CT molecular complexity index is 301. The van der Waals surface area contributed by atoms with E-state index in [0.717, 1.165) is 10.9 Å². The van der Waals surface area contributed by atoms with Crippen LogP contribution in [-0.2, 0) is 0 Å². The zero-order valence-electron chi connectivity index (χ0n) is 9.05. The van der Waals surface area contributed by atoms with Crippen LogP contribution in [0.2, 0.25) is 0 Å². The average molecular weight is 256 g/mol. The zero-order valence-corrected chi connectivity index (χ0v) is 10.6. The van der Waals surface area contributed by atoms with Gasteiger partial charge in [0.2, 0.25) is 0 Å². The first kappa shape index (κ1) is 11.7. The fourth-order valence-corrected chi connectivity index (χ4v) is 1.93. The maximum Gasteiger partial charge on any atom is 0.0300 e. The molecule has 0 aromatic heterocycles. The lowest BCUT2D eigenvalue weighted by Crippen LogP contribution is -2.18. The predicted octanol–water partition coefficient (Wildman–Crippen LogP) is 3.89. The predicted molar refractivity (Wildman–Crippen MR) is 65.1 cm³/mol. The van der Waals surface area contributed by atoms with Gasteiger partial charge >= 0.3 is 0 Å². The highest BCUT2D eigenvalue weighted by Gasteiger charge is 2.16. The number of hydrogen-bond donors (Lipinski definition) is 1. The van der Waals surface area contributed by atoms with Gasteiger partial charge in [-0.1, -0.05) is 48.8 Å². The van der Waals surface area contributed by atoms with Crippen LogP contribution < -0.4 is 5.73 Å². The Morgan fingerprint density at radius 2 is 2.00 bits per heavy atom. The molecule has 0 saturated carbocycles. The molecule has 1 aromatic rings. The molecule has 0 spiro atoms. The summed E-state index contributed by atoms with van der Waals surface area (Å²) in [5.41, 5.74) is 7.61. The summed E-state index contributed by atoms with van der Waals surface area (Å²) in [4.78, 5) is 0. The summed E-state index contributed by atoms with van der Waals surface area (Å²) < 4.78 is 1.10. The van der Waals surface area contributed by atoms with E-state index in [0.29, 0.717) is 0 Å². The first-order chi connectivity index (χ1) is 6.38. The average Bonchev–Trinajstić information content (AvgIpc) is 2.01. The minimum Gasteiger partial charge on any atom is -0.324 e. The van der Waals surface area contributed by atoms with Crippen LogP contribution in [0.3, 0.4) is 0 Å². The molecular weight excluding hydrogens is 238 g/mol. The van der Waals surface area contributed by atoms with Gasteiger partial charge in [0.25, 0.3) is 0 Å². The van der Waals surface area contributed by atoms with E-state index in [4.69, 9.17) is 5.73 Å². The minimum atomic E-state index is 0.132. The third-order valence-electron chi connectivity index (χ3n) is 2.11. The third-order valence-corrected chi connectivity index (χ3v) is 2.60. The lowest BCUT2D eigenvalue weighted by atomic mass is 9.86. The summed E-state index contributed by atoms with van der Waals surface area (Å²) in [6.45, 7) is 6.64. The lowest BCUT2D eigenvalue weighted by Gasteiger charge is -2.23. The van der Waals surface area contributed by atoms with Crippen molar-refractivity contribution in [2.75, 3.05) is 0 Å². The largest absolute Gasteiger partial charge is 0.324 e. The van der Waals surface area contributed by atoms with E-state index in [1.165, 1.54) is 5.56 Å². The van der Waals surface area contributed by atoms with Crippen LogP contribution in [0.5, 0.6) is 0 Å². The zero-order chi connectivity index (χ0) is 10.8. The molecule has 2 N–H and O–H groups in total. The molecule has 1 nitrogen and oxygen atoms in total. The number of halogens is 1. The van der Waals surface area contributed by atoms with Gasteiger partial charge in [0.05, 0.1) is 0 Å². The summed E-state index contributed by atoms with van der Waals surface area (Å²) in [5, 5.41) is 0. The van der Waals surface area contributed by atoms with Crippen molar-refractivity contribution >= 4 is 15.9 Å². The van der Waals surface area contributed by atoms with Gasteiger partial charge in [-0.05, 0) is 29.5 Å². The minimum absolute atomic E-state index is 0.132. The molecule has 0 aliphatic heterocycles. The summed E-state index contributed by atoms with van der Waals surface area (Å²) in [6, 6.07) is 8.36. The molecule has 1 rings (SSSR count). The van der Waals surface area contributed by atoms with Crippen LogP contribution in [0.1, 0.15) is 38.8 Å². The molecular formula is C12H18BrN. The van der Waals surface area contributed by atoms with Crippen LogP contribution >= 0.6 is 15.9 Å². The molecule has 0 heterocycles. The van der Waals surface area contributed by atoms with Crippen LogP contribution in [0.4, 0.5) is 0 Å². The maximum atomic E-state index is 6.13. The Morgan fingerprint density at radius 3 is 2.50 bits per heavy atom. The van der Waals surface area contributed by atoms with Crippen LogP contribution in [0, 0.1) is 5.41 Å². The molecule has 0 aliphatic carbocycles. The molecule has 78 valence electrons. The second-order valence-electron chi connectivity index (χ2n) is 4.93. The highest BCUT2D eigenvalue weighted by atomic mass is 79.9. The molecule has 0 amide bonds. The van der Waals surface area contributed by atoms with Gasteiger partial charge in [-0.25, -0.2) is 0 Å². The molecule has 14 heavy (non-hydrogen) atoms. The van der Waals surface area contributed by atoms with Crippen molar-refractivity contribution in [3.05, 3.63) is 34.3 Å². The van der Waals surface area contributed by atoms with Crippen molar-refractivity contribution < 1.29 is 0 Å². The van der Waals surface area contributed by atoms with Gasteiger partial charge in [0.15, 0.2) is 0 Å². The van der Waals surface area contributed by atoms with Crippen molar-refractivity contribution in [2.45, 2.75) is 33.2 Å². The summed E-state index contributed by atoms with van der Waals surface area (Å²) >= 11 is 3.45. The molecule has 0 aliphatic rings. The van der Waals surface area contributed by atoms with Gasteiger partial charge in [-0.15, -0.1) is 0 Å². The van der Waals surface area contributed by atoms with Crippen LogP contribution in [-0.4, -0.2) is 0 Å². The Balaban J connectivity index is 2.74. The quantitative estimate of drug-likeness (QED) is 0.853. The van der Waals surface area contributed by atoms with Crippen molar-refractivity contribution in [3.8, 4) is 0 Å². The van der Waals surface area contributed by atoms with Gasteiger partial charge in [0, 0.05) is 10.5 Å². The molecule has 1 atom stereocenters. The Labute approximate surface area is 94.8 Å². The Hall–Kier alpha value is -0.340. The topological polar surface area (TPSA) is 26.0 Å². The normalized spacial score (nSPS) is 14.1. The van der Waals surface area contributed by atoms with E-state index in [9.17, 15) is 0 Å². The second kappa shape index (κ2) is 4.45. The summed E-state index contributed by atoms with van der Waals surface area (Å²) in [7, 11) is 0. The van der Waals surface area contributed by atoms with E-state index in [-0.39, 0.29) is 11.5 Å². The fourth-order valence-electron chi connectivity index (χ4n) is 1.51. The van der Waals surface area contributed by atoms with E-state index in [1.807, 2.05) is 12.1 Å². The van der Waals surface area contributed by atoms with E-state index >= 15 is 0 Å². The highest BCUT2D eigenvalue weighted by molar-refractivity contribution is 9.10. The van der Waals surface area contributed by atoms with Crippen molar-refractivity contribution in [1.29, 1.82) is 0 Å². The number of hydrogen-bond acceptors (Lipinski definition) is 1. The van der Waals surface area contributed by atoms with Crippen LogP contribution in [0.25, 0.3) is 0 Å². The van der Waals surface area contributed by atoms with E-state index in [2.05, 4.69) is 48.8 Å². The first-order valence-corrected chi connectivity index (χ1v) is 5.69. The second-order valence-corrected chi connectivity index (χ2v) is 5.84. The van der Waals surface area contributed by atoms with Crippen LogP contribution in [0.15, 0.2) is 28.7 Å². The monoisotopic (exact) mass is 255 g/mol. The molecule has 1 aromatic carbocycles. The Morgan fingerprint density at radius 1 is 1.36 bits per heavy atom. The van der Waals surface area contributed by atoms with Gasteiger partial charge in [-0.2, -0.15) is 0 Å². The molecule has 0 bridgehead atoms. The smallest absolute Gasteiger partial charge is 0.0300 e. The molecule has 2 heteroatoms. The van der Waals surface area contributed by atoms with Crippen molar-refractivity contribution in [3.63, 3.8) is 0 Å². The Kier molecular flexibility index (Phi) is 3.73. The van der Waals surface area contributed by atoms with Crippen molar-refractivity contribution in [1.82, 2.24) is 0 Å². The van der Waals surface area contributed by atoms with Gasteiger partial charge in [-0.3, -0.25) is 0 Å². The van der Waals surface area contributed by atoms with Crippen molar-refractivity contribution in [2.24, 2.45) is 11.1 Å². The van der Waals surface area contributed by atoms with E-state index in [1.54, 1.807) is 0 Å². The number of rotatable bonds is 2. The summed E-state index contributed by atoms with van der Waals surface area (Å²) in [6.07, 6.45) is 1.00. The highest BCUT2D eigenvalue weighted by Crippen LogP contribution is 2.28. The number of benzene rings is 1. The molecule has 0 saturated heterocycles. The number of nitrogens with two attached hydrogens (primary N) is 1. The molecule has 0 fully saturated rings. The molecule has 0 unspecified atom stereocenters. The SMILES string of the molecule is CC(C)(C)C[C@H](N)c1cccc(Br)c1. The first-order valence-electron chi connectivity index (χ1n) is 4.89. The lowest BCUT2D eigenvalue weighted by molar-refractivity contribution is 0.343. The van der Waals surface area contributed by atoms with Gasteiger partial charge < -0.3 is 5.73 Å².